The van der Waals surface area contributed by atoms with E-state index >= 15 is 0 Å². The fourth-order valence-electron chi connectivity index (χ4n) is 4.03. The molecule has 0 saturated carbocycles. The quantitative estimate of drug-likeness (QED) is 0.216. The second-order valence-electron chi connectivity index (χ2n) is 8.92. The number of anilines is 4. The molecule has 0 aliphatic rings. The Hall–Kier alpha value is -4.25. The Morgan fingerprint density at radius 3 is 2.76 bits per heavy atom. The Kier molecular flexibility index (Phi) is 7.64. The summed E-state index contributed by atoms with van der Waals surface area (Å²) in [5.41, 5.74) is 12.2. The lowest BCUT2D eigenvalue weighted by atomic mass is 10.2. The maximum Gasteiger partial charge on any atom is 0.255 e. The van der Waals surface area contributed by atoms with Gasteiger partial charge in [-0.25, -0.2) is 9.97 Å². The maximum absolute atomic E-state index is 12.6. The smallest absolute Gasteiger partial charge is 0.255 e. The average molecular weight is 528 g/mol. The third kappa shape index (κ3) is 5.83. The van der Waals surface area contributed by atoms with E-state index in [-0.39, 0.29) is 5.91 Å². The van der Waals surface area contributed by atoms with E-state index in [0.29, 0.717) is 23.5 Å². The Morgan fingerprint density at radius 2 is 1.97 bits per heavy atom. The highest BCUT2D eigenvalue weighted by molar-refractivity contribution is 7.14. The number of carbonyl (C=O) groups is 1. The first-order valence-electron chi connectivity index (χ1n) is 12.1. The molecule has 0 atom stereocenters. The molecule has 10 heteroatoms. The molecule has 0 aliphatic carbocycles. The lowest BCUT2D eigenvalue weighted by molar-refractivity contribution is 0.102. The largest absolute Gasteiger partial charge is 0.397 e. The zero-order valence-electron chi connectivity index (χ0n) is 21.2. The van der Waals surface area contributed by atoms with Gasteiger partial charge >= 0.3 is 0 Å². The van der Waals surface area contributed by atoms with E-state index in [0.717, 1.165) is 40.9 Å². The van der Waals surface area contributed by atoms with Gasteiger partial charge in [0.2, 0.25) is 0 Å². The molecule has 38 heavy (non-hydrogen) atoms. The Morgan fingerprint density at radius 1 is 1.16 bits per heavy atom. The van der Waals surface area contributed by atoms with Gasteiger partial charge in [-0.1, -0.05) is 12.1 Å². The Labute approximate surface area is 224 Å². The summed E-state index contributed by atoms with van der Waals surface area (Å²) >= 11 is 1.51. The van der Waals surface area contributed by atoms with E-state index in [4.69, 9.17) is 15.5 Å². The van der Waals surface area contributed by atoms with Crippen LogP contribution in [0.4, 0.5) is 22.2 Å². The van der Waals surface area contributed by atoms with Crippen LogP contribution in [0.15, 0.2) is 78.4 Å². The van der Waals surface area contributed by atoms with Crippen molar-refractivity contribution in [2.24, 2.45) is 0 Å². The molecule has 0 spiro atoms. The SMILES string of the molecule is COCCN(C)Cc1ccn2c(-c3csc(Nc4ccc(C(=O)Nc5ccccc5N)cc4)n3)cnc2c1. The van der Waals surface area contributed by atoms with Crippen molar-refractivity contribution in [1.29, 1.82) is 0 Å². The molecule has 4 N–H and O–H groups in total. The summed E-state index contributed by atoms with van der Waals surface area (Å²) in [7, 11) is 3.79. The fraction of sp³-hybridized carbons (Fsp3) is 0.179. The summed E-state index contributed by atoms with van der Waals surface area (Å²) in [5.74, 6) is -0.219. The van der Waals surface area contributed by atoms with Crippen molar-refractivity contribution < 1.29 is 9.53 Å². The number of likely N-dealkylation sites (N-methyl/N-ethyl adjacent to an activating group) is 1. The molecule has 0 bridgehead atoms. The number of nitrogen functional groups attached to an aromatic ring is 1. The minimum atomic E-state index is -0.219. The highest BCUT2D eigenvalue weighted by atomic mass is 32.1. The van der Waals surface area contributed by atoms with Crippen LogP contribution in [0.3, 0.4) is 0 Å². The lowest BCUT2D eigenvalue weighted by Crippen LogP contribution is -2.22. The van der Waals surface area contributed by atoms with E-state index in [1.54, 1.807) is 31.4 Å². The number of benzene rings is 2. The predicted molar refractivity (Wildman–Crippen MR) is 153 cm³/mol. The molecule has 0 fully saturated rings. The number of imidazole rings is 1. The van der Waals surface area contributed by atoms with Gasteiger partial charge < -0.3 is 21.1 Å². The van der Waals surface area contributed by atoms with Crippen molar-refractivity contribution in [3.63, 3.8) is 0 Å². The Balaban J connectivity index is 1.24. The molecular formula is C28H29N7O2S. The van der Waals surface area contributed by atoms with Crippen LogP contribution in [0.25, 0.3) is 17.0 Å². The summed E-state index contributed by atoms with van der Waals surface area (Å²) < 4.78 is 7.21. The van der Waals surface area contributed by atoms with Gasteiger partial charge in [-0.3, -0.25) is 14.1 Å². The van der Waals surface area contributed by atoms with Gasteiger partial charge in [-0.2, -0.15) is 0 Å². The van der Waals surface area contributed by atoms with Crippen molar-refractivity contribution in [3.8, 4) is 11.4 Å². The maximum atomic E-state index is 12.6. The first kappa shape index (κ1) is 25.4. The topological polar surface area (TPSA) is 110 Å². The molecule has 0 unspecified atom stereocenters. The summed E-state index contributed by atoms with van der Waals surface area (Å²) in [6, 6.07) is 18.6. The number of hydrogen-bond acceptors (Lipinski definition) is 8. The van der Waals surface area contributed by atoms with E-state index in [1.807, 2.05) is 46.4 Å². The van der Waals surface area contributed by atoms with Gasteiger partial charge in [0.15, 0.2) is 5.13 Å². The molecule has 0 aliphatic heterocycles. The zero-order chi connectivity index (χ0) is 26.5. The van der Waals surface area contributed by atoms with Crippen LogP contribution in [0.5, 0.6) is 0 Å². The van der Waals surface area contributed by atoms with Crippen LogP contribution in [0.1, 0.15) is 15.9 Å². The molecule has 5 rings (SSSR count). The van der Waals surface area contributed by atoms with E-state index in [9.17, 15) is 4.79 Å². The minimum Gasteiger partial charge on any atom is -0.397 e. The molecule has 9 nitrogen and oxygen atoms in total. The number of para-hydroxylation sites is 2. The molecule has 0 saturated heterocycles. The average Bonchev–Trinajstić information content (AvgIpc) is 3.55. The number of rotatable bonds is 10. The molecule has 3 heterocycles. The van der Waals surface area contributed by atoms with Crippen LogP contribution in [0.2, 0.25) is 0 Å². The van der Waals surface area contributed by atoms with Crippen LogP contribution in [-0.2, 0) is 11.3 Å². The molecule has 0 radical (unpaired) electrons. The monoisotopic (exact) mass is 527 g/mol. The van der Waals surface area contributed by atoms with Crippen molar-refractivity contribution in [1.82, 2.24) is 19.3 Å². The number of amides is 1. The normalized spacial score (nSPS) is 11.2. The van der Waals surface area contributed by atoms with Gasteiger partial charge in [-0.05, 0) is 61.1 Å². The number of carbonyl (C=O) groups excluding carboxylic acids is 1. The Bertz CT molecular complexity index is 1540. The summed E-state index contributed by atoms with van der Waals surface area (Å²) in [5, 5.41) is 8.91. The number of ether oxygens (including phenoxy) is 1. The van der Waals surface area contributed by atoms with Gasteiger partial charge in [0.25, 0.3) is 5.91 Å². The summed E-state index contributed by atoms with van der Waals surface area (Å²) in [4.78, 5) is 24.2. The number of methoxy groups -OCH3 is 1. The molecule has 1 amide bonds. The lowest BCUT2D eigenvalue weighted by Gasteiger charge is -2.16. The van der Waals surface area contributed by atoms with Gasteiger partial charge in [0.05, 0.1) is 29.9 Å². The third-order valence-corrected chi connectivity index (χ3v) is 6.84. The number of nitrogens with zero attached hydrogens (tertiary/aromatic N) is 4. The van der Waals surface area contributed by atoms with Crippen molar-refractivity contribution in [2.75, 3.05) is 43.7 Å². The number of nitrogens with two attached hydrogens (primary N) is 1. The first-order valence-corrected chi connectivity index (χ1v) is 13.0. The van der Waals surface area contributed by atoms with E-state index < -0.39 is 0 Å². The van der Waals surface area contributed by atoms with Gasteiger partial charge in [0, 0.05) is 43.0 Å². The molecular weight excluding hydrogens is 498 g/mol. The zero-order valence-corrected chi connectivity index (χ0v) is 22.0. The number of thiazole rings is 1. The van der Waals surface area contributed by atoms with Crippen LogP contribution in [0, 0.1) is 0 Å². The predicted octanol–water partition coefficient (Wildman–Crippen LogP) is 5.11. The highest BCUT2D eigenvalue weighted by Gasteiger charge is 2.12. The highest BCUT2D eigenvalue weighted by Crippen LogP contribution is 2.28. The second-order valence-corrected chi connectivity index (χ2v) is 9.78. The fourth-order valence-corrected chi connectivity index (χ4v) is 4.76. The van der Waals surface area contributed by atoms with Crippen molar-refractivity contribution in [2.45, 2.75) is 6.54 Å². The van der Waals surface area contributed by atoms with Crippen LogP contribution < -0.4 is 16.4 Å². The van der Waals surface area contributed by atoms with E-state index in [1.165, 1.54) is 16.9 Å². The van der Waals surface area contributed by atoms with Crippen LogP contribution in [-0.4, -0.2) is 52.5 Å². The van der Waals surface area contributed by atoms with E-state index in [2.05, 4.69) is 39.7 Å². The molecule has 3 aromatic heterocycles. The molecule has 5 aromatic rings. The first-order chi connectivity index (χ1) is 18.5. The second kappa shape index (κ2) is 11.4. The number of pyridine rings is 1. The van der Waals surface area contributed by atoms with Crippen molar-refractivity contribution >= 4 is 45.1 Å². The van der Waals surface area contributed by atoms with Gasteiger partial charge in [-0.15, -0.1) is 11.3 Å². The summed E-state index contributed by atoms with van der Waals surface area (Å²) in [6.45, 7) is 2.40. The molecule has 2 aromatic carbocycles. The van der Waals surface area contributed by atoms with Crippen LogP contribution >= 0.6 is 11.3 Å². The van der Waals surface area contributed by atoms with Crippen molar-refractivity contribution in [3.05, 3.63) is 89.6 Å². The number of fused-ring (bicyclic) bond motifs is 1. The summed E-state index contributed by atoms with van der Waals surface area (Å²) in [6.07, 6.45) is 3.88. The number of nitrogens with one attached hydrogen (secondary N) is 2. The standard InChI is InChI=1S/C28H29N7O2S/c1-34(13-14-37-2)17-19-11-12-35-25(16-30-26(35)15-19)24-18-38-28(33-24)31-21-9-7-20(8-10-21)27(36)32-23-6-4-3-5-22(23)29/h3-12,15-16,18H,13-14,17,29H2,1-2H3,(H,31,33)(H,32,36). The third-order valence-electron chi connectivity index (χ3n) is 6.08. The minimum absolute atomic E-state index is 0.219. The van der Waals surface area contributed by atoms with Gasteiger partial charge in [0.1, 0.15) is 11.3 Å². The molecule has 194 valence electrons. The number of aromatic nitrogens is 3. The number of hydrogen-bond donors (Lipinski definition) is 3.